The topological polar surface area (TPSA) is 111 Å². The normalized spacial score (nSPS) is 12.1. The van der Waals surface area contributed by atoms with Crippen molar-refractivity contribution >= 4 is 29.3 Å². The van der Waals surface area contributed by atoms with Gasteiger partial charge in [0.2, 0.25) is 5.91 Å². The number of amides is 2. The van der Waals surface area contributed by atoms with Crippen LogP contribution >= 0.6 is 11.8 Å². The lowest BCUT2D eigenvalue weighted by Crippen LogP contribution is -2.47. The molecule has 8 nitrogen and oxygen atoms in total. The molecule has 0 aliphatic rings. The Bertz CT molecular complexity index is 1030. The fourth-order valence-corrected chi connectivity index (χ4v) is 3.27. The standard InChI is InChI=1S/C20H20F3N3O5S/c1-11-5-4-6-16(12(11)2)31-13(3)19(28)25-24-18(27)10-32-17-8-7-14(20(21,22)23)9-15(17)26(29)30/h4-9,13H,10H2,1-3H3,(H,24,27)(H,25,28). The third-order valence-electron chi connectivity index (χ3n) is 4.39. The summed E-state index contributed by atoms with van der Waals surface area (Å²) >= 11 is 0.665. The Labute approximate surface area is 185 Å². The van der Waals surface area contributed by atoms with E-state index in [1.54, 1.807) is 12.1 Å². The maximum Gasteiger partial charge on any atom is 0.416 e. The summed E-state index contributed by atoms with van der Waals surface area (Å²) < 4.78 is 43.9. The van der Waals surface area contributed by atoms with Crippen LogP contribution in [0.3, 0.4) is 0 Å². The summed E-state index contributed by atoms with van der Waals surface area (Å²) in [5.41, 5.74) is 4.24. The maximum absolute atomic E-state index is 12.8. The number of carbonyl (C=O) groups is 2. The summed E-state index contributed by atoms with van der Waals surface area (Å²) in [6, 6.07) is 7.42. The second kappa shape index (κ2) is 10.4. The largest absolute Gasteiger partial charge is 0.481 e. The molecule has 0 bridgehead atoms. The zero-order chi connectivity index (χ0) is 24.1. The van der Waals surface area contributed by atoms with Gasteiger partial charge in [0, 0.05) is 6.07 Å². The number of halogens is 3. The van der Waals surface area contributed by atoms with Crippen LogP contribution in [-0.4, -0.2) is 28.6 Å². The van der Waals surface area contributed by atoms with E-state index in [9.17, 15) is 32.9 Å². The first-order chi connectivity index (χ1) is 14.9. The van der Waals surface area contributed by atoms with Gasteiger partial charge in [-0.3, -0.25) is 30.6 Å². The van der Waals surface area contributed by atoms with Gasteiger partial charge in [-0.25, -0.2) is 0 Å². The van der Waals surface area contributed by atoms with Crippen molar-refractivity contribution in [3.63, 3.8) is 0 Å². The van der Waals surface area contributed by atoms with Crippen molar-refractivity contribution in [2.24, 2.45) is 0 Å². The number of benzene rings is 2. The molecule has 0 aliphatic carbocycles. The van der Waals surface area contributed by atoms with Crippen molar-refractivity contribution in [2.75, 3.05) is 5.75 Å². The highest BCUT2D eigenvalue weighted by atomic mass is 32.2. The van der Waals surface area contributed by atoms with Crippen LogP contribution in [0.1, 0.15) is 23.6 Å². The number of rotatable bonds is 7. The van der Waals surface area contributed by atoms with E-state index in [0.29, 0.717) is 29.6 Å². The van der Waals surface area contributed by atoms with Crippen molar-refractivity contribution in [1.29, 1.82) is 0 Å². The van der Waals surface area contributed by atoms with Crippen molar-refractivity contribution in [1.82, 2.24) is 10.9 Å². The smallest absolute Gasteiger partial charge is 0.416 e. The highest BCUT2D eigenvalue weighted by Crippen LogP contribution is 2.36. The Balaban J connectivity index is 1.91. The van der Waals surface area contributed by atoms with Gasteiger partial charge >= 0.3 is 6.18 Å². The first-order valence-electron chi connectivity index (χ1n) is 9.20. The molecule has 0 saturated heterocycles. The van der Waals surface area contributed by atoms with Crippen LogP contribution in [0.15, 0.2) is 41.3 Å². The van der Waals surface area contributed by atoms with E-state index in [-0.39, 0.29) is 10.6 Å². The average molecular weight is 471 g/mol. The molecule has 0 radical (unpaired) electrons. The predicted octanol–water partition coefficient (Wildman–Crippen LogP) is 3.94. The van der Waals surface area contributed by atoms with Gasteiger partial charge in [-0.15, -0.1) is 11.8 Å². The molecule has 0 saturated carbocycles. The lowest BCUT2D eigenvalue weighted by molar-refractivity contribution is -0.388. The number of nitrogens with one attached hydrogen (secondary N) is 2. The second-order valence-corrected chi connectivity index (χ2v) is 7.74. The van der Waals surface area contributed by atoms with Crippen LogP contribution in [0, 0.1) is 24.0 Å². The Morgan fingerprint density at radius 2 is 1.88 bits per heavy atom. The van der Waals surface area contributed by atoms with Crippen molar-refractivity contribution in [3.05, 3.63) is 63.2 Å². The van der Waals surface area contributed by atoms with Crippen molar-refractivity contribution in [3.8, 4) is 5.75 Å². The number of ether oxygens (including phenoxy) is 1. The van der Waals surface area contributed by atoms with Gasteiger partial charge in [-0.1, -0.05) is 12.1 Å². The Morgan fingerprint density at radius 3 is 2.50 bits per heavy atom. The summed E-state index contributed by atoms with van der Waals surface area (Å²) in [6.45, 7) is 5.23. The average Bonchev–Trinajstić information content (AvgIpc) is 2.72. The van der Waals surface area contributed by atoms with E-state index >= 15 is 0 Å². The first kappa shape index (κ1) is 25.0. The summed E-state index contributed by atoms with van der Waals surface area (Å²) in [7, 11) is 0. The van der Waals surface area contributed by atoms with Crippen LogP contribution in [-0.2, 0) is 15.8 Å². The quantitative estimate of drug-likeness (QED) is 0.360. The molecular weight excluding hydrogens is 451 g/mol. The van der Waals surface area contributed by atoms with Crippen LogP contribution in [0.2, 0.25) is 0 Å². The highest BCUT2D eigenvalue weighted by molar-refractivity contribution is 8.00. The number of hydrazine groups is 1. The second-order valence-electron chi connectivity index (χ2n) is 6.72. The van der Waals surface area contributed by atoms with E-state index < -0.39 is 40.3 Å². The molecule has 0 heterocycles. The van der Waals surface area contributed by atoms with E-state index in [2.05, 4.69) is 10.9 Å². The lowest BCUT2D eigenvalue weighted by Gasteiger charge is -2.17. The number of alkyl halides is 3. The van der Waals surface area contributed by atoms with E-state index in [1.165, 1.54) is 6.92 Å². The molecule has 172 valence electrons. The first-order valence-corrected chi connectivity index (χ1v) is 10.2. The van der Waals surface area contributed by atoms with Crippen molar-refractivity contribution < 1.29 is 32.4 Å². The number of carbonyl (C=O) groups excluding carboxylic acids is 2. The highest BCUT2D eigenvalue weighted by Gasteiger charge is 2.33. The monoisotopic (exact) mass is 471 g/mol. The Kier molecular flexibility index (Phi) is 8.08. The van der Waals surface area contributed by atoms with Gasteiger partial charge in [-0.05, 0) is 50.1 Å². The molecule has 0 spiro atoms. The maximum atomic E-state index is 12.8. The molecule has 1 unspecified atom stereocenters. The number of hydrogen-bond acceptors (Lipinski definition) is 6. The SMILES string of the molecule is Cc1cccc(OC(C)C(=O)NNC(=O)CSc2ccc(C(F)(F)F)cc2[N+](=O)[O-])c1C. The minimum Gasteiger partial charge on any atom is -0.481 e. The van der Waals surface area contributed by atoms with Gasteiger partial charge in [0.25, 0.3) is 11.6 Å². The predicted molar refractivity (Wildman–Crippen MR) is 111 cm³/mol. The van der Waals surface area contributed by atoms with Crippen LogP contribution in [0.4, 0.5) is 18.9 Å². The van der Waals surface area contributed by atoms with Gasteiger partial charge in [0.05, 0.1) is 21.1 Å². The molecule has 0 aromatic heterocycles. The molecule has 2 N–H and O–H groups in total. The molecule has 32 heavy (non-hydrogen) atoms. The molecule has 2 aromatic carbocycles. The number of hydrogen-bond donors (Lipinski definition) is 2. The molecule has 2 aromatic rings. The van der Waals surface area contributed by atoms with E-state index in [0.717, 1.165) is 17.2 Å². The fourth-order valence-electron chi connectivity index (χ4n) is 2.47. The zero-order valence-electron chi connectivity index (χ0n) is 17.3. The van der Waals surface area contributed by atoms with Crippen LogP contribution in [0.5, 0.6) is 5.75 Å². The molecule has 1 atom stereocenters. The van der Waals surface area contributed by atoms with Gasteiger partial charge in [0.15, 0.2) is 6.10 Å². The summed E-state index contributed by atoms with van der Waals surface area (Å²) in [4.78, 5) is 34.1. The Hall–Kier alpha value is -3.28. The Morgan fingerprint density at radius 1 is 1.19 bits per heavy atom. The number of thioether (sulfide) groups is 1. The summed E-state index contributed by atoms with van der Waals surface area (Å²) in [5, 5.41) is 11.1. The number of nitro groups is 1. The zero-order valence-corrected chi connectivity index (χ0v) is 18.1. The van der Waals surface area contributed by atoms with E-state index in [1.807, 2.05) is 19.9 Å². The molecule has 2 rings (SSSR count). The summed E-state index contributed by atoms with van der Waals surface area (Å²) in [6.07, 6.45) is -5.66. The van der Waals surface area contributed by atoms with Gasteiger partial charge in [-0.2, -0.15) is 13.2 Å². The van der Waals surface area contributed by atoms with Crippen molar-refractivity contribution in [2.45, 2.75) is 37.9 Å². The third kappa shape index (κ3) is 6.61. The number of nitrogens with zero attached hydrogens (tertiary/aromatic N) is 1. The summed E-state index contributed by atoms with van der Waals surface area (Å²) in [5.74, 6) is -1.20. The fraction of sp³-hybridized carbons (Fsp3) is 0.300. The molecular formula is C20H20F3N3O5S. The number of aryl methyl sites for hydroxylation is 1. The molecule has 12 heteroatoms. The van der Waals surface area contributed by atoms with Crippen LogP contribution < -0.4 is 15.6 Å². The minimum atomic E-state index is -4.73. The third-order valence-corrected chi connectivity index (χ3v) is 5.46. The van der Waals surface area contributed by atoms with Gasteiger partial charge < -0.3 is 4.74 Å². The van der Waals surface area contributed by atoms with Gasteiger partial charge in [0.1, 0.15) is 5.75 Å². The number of nitro benzene ring substituents is 1. The van der Waals surface area contributed by atoms with E-state index in [4.69, 9.17) is 4.74 Å². The molecule has 0 fully saturated rings. The molecule has 0 aliphatic heterocycles. The van der Waals surface area contributed by atoms with Crippen LogP contribution in [0.25, 0.3) is 0 Å². The minimum absolute atomic E-state index is 0.115. The lowest BCUT2D eigenvalue weighted by atomic mass is 10.1. The molecule has 2 amide bonds.